The lowest BCUT2D eigenvalue weighted by molar-refractivity contribution is 1.19. The van der Waals surface area contributed by atoms with E-state index in [-0.39, 0.29) is 0 Å². The van der Waals surface area contributed by atoms with Crippen molar-refractivity contribution in [3.05, 3.63) is 182 Å². The zero-order valence-electron chi connectivity index (χ0n) is 27.1. The maximum Gasteiger partial charge on any atom is 0.0715 e. The quantitative estimate of drug-likeness (QED) is 0.181. The molecule has 0 aliphatic rings. The Morgan fingerprint density at radius 3 is 1.46 bits per heavy atom. The van der Waals surface area contributed by atoms with Crippen LogP contribution in [0, 0.1) is 0 Å². The van der Waals surface area contributed by atoms with Crippen LogP contribution in [-0.2, 0) is 0 Å². The molecule has 10 aromatic rings. The first-order valence-corrected chi connectivity index (χ1v) is 17.8. The first-order chi connectivity index (χ1) is 24.8. The average molecular weight is 655 g/mol. The van der Waals surface area contributed by atoms with Crippen LogP contribution in [0.4, 0.5) is 0 Å². The molecule has 2 nitrogen and oxygen atoms in total. The summed E-state index contributed by atoms with van der Waals surface area (Å²) in [6, 6.07) is 65.6. The smallest absolute Gasteiger partial charge is 0.0715 e. The molecule has 0 unspecified atom stereocenters. The van der Waals surface area contributed by atoms with Gasteiger partial charge >= 0.3 is 0 Å². The predicted octanol–water partition coefficient (Wildman–Crippen LogP) is 13.2. The Bertz CT molecular complexity index is 2790. The van der Waals surface area contributed by atoms with Crippen LogP contribution >= 0.6 is 11.3 Å². The Balaban J connectivity index is 1.23. The summed E-state index contributed by atoms with van der Waals surface area (Å²) in [6.45, 7) is 0. The third kappa shape index (κ3) is 4.82. The van der Waals surface area contributed by atoms with Gasteiger partial charge < -0.3 is 4.57 Å². The molecule has 0 saturated carbocycles. The monoisotopic (exact) mass is 654 g/mol. The number of nitrogens with zero attached hydrogens (tertiary/aromatic N) is 2. The molecule has 3 heteroatoms. The summed E-state index contributed by atoms with van der Waals surface area (Å²) in [6.07, 6.45) is 0. The van der Waals surface area contributed by atoms with Crippen molar-refractivity contribution in [2.45, 2.75) is 0 Å². The Kier molecular flexibility index (Phi) is 6.71. The molecule has 0 aliphatic carbocycles. The maximum absolute atomic E-state index is 5.14. The van der Waals surface area contributed by atoms with Gasteiger partial charge in [-0.1, -0.05) is 140 Å². The van der Waals surface area contributed by atoms with Gasteiger partial charge in [-0.3, -0.25) is 0 Å². The lowest BCUT2D eigenvalue weighted by Crippen LogP contribution is -1.95. The zero-order chi connectivity index (χ0) is 33.0. The van der Waals surface area contributed by atoms with Crippen molar-refractivity contribution in [2.24, 2.45) is 0 Å². The molecule has 0 N–H and O–H groups in total. The molecule has 0 fully saturated rings. The van der Waals surface area contributed by atoms with Crippen LogP contribution in [0.25, 0.3) is 92.4 Å². The Hall–Kier alpha value is -6.29. The van der Waals surface area contributed by atoms with Crippen molar-refractivity contribution in [3.8, 4) is 50.5 Å². The van der Waals surface area contributed by atoms with Gasteiger partial charge in [-0.25, -0.2) is 4.98 Å². The standard InChI is InChI=1S/C47H30N2S/c1-4-12-31(13-5-1)34-20-23-38-39-24-21-35(36-26-42(32-14-6-2-7-15-32)48-43(27-36)33-16-8-3-9-17-33)29-45(39)49(44(38)28-34)37-22-25-41-40-18-10-11-19-46(40)50-47(41)30-37/h1-30H. The highest BCUT2D eigenvalue weighted by Crippen LogP contribution is 2.40. The summed E-state index contributed by atoms with van der Waals surface area (Å²) in [7, 11) is 0. The van der Waals surface area contributed by atoms with Gasteiger partial charge in [-0.15, -0.1) is 11.3 Å². The molecule has 7 aromatic carbocycles. The number of thiophene rings is 1. The fourth-order valence-corrected chi connectivity index (χ4v) is 8.49. The van der Waals surface area contributed by atoms with E-state index in [1.165, 1.54) is 53.1 Å². The molecular formula is C47H30N2S. The fraction of sp³-hybridized carbons (Fsp3) is 0. The first kappa shape index (κ1) is 28.7. The van der Waals surface area contributed by atoms with Crippen LogP contribution in [0.2, 0.25) is 0 Å². The van der Waals surface area contributed by atoms with Gasteiger partial charge in [-0.05, 0) is 64.7 Å². The van der Waals surface area contributed by atoms with E-state index in [0.29, 0.717) is 0 Å². The summed E-state index contributed by atoms with van der Waals surface area (Å²) in [5.41, 5.74) is 12.4. The lowest BCUT2D eigenvalue weighted by atomic mass is 9.98. The van der Waals surface area contributed by atoms with Crippen LogP contribution in [-0.4, -0.2) is 9.55 Å². The second-order valence-electron chi connectivity index (χ2n) is 12.8. The minimum Gasteiger partial charge on any atom is -0.309 e. The number of benzene rings is 7. The molecule has 10 rings (SSSR count). The molecule has 0 aliphatic heterocycles. The second kappa shape index (κ2) is 11.7. The molecule has 0 amide bonds. The highest BCUT2D eigenvalue weighted by molar-refractivity contribution is 7.25. The molecule has 0 bridgehead atoms. The van der Waals surface area contributed by atoms with E-state index in [9.17, 15) is 0 Å². The normalized spacial score (nSPS) is 11.6. The minimum atomic E-state index is 0.963. The maximum atomic E-state index is 5.14. The zero-order valence-corrected chi connectivity index (χ0v) is 27.9. The van der Waals surface area contributed by atoms with Crippen molar-refractivity contribution >= 4 is 53.3 Å². The molecule has 50 heavy (non-hydrogen) atoms. The number of rotatable bonds is 5. The molecule has 3 aromatic heterocycles. The number of pyridine rings is 1. The Labute approximate surface area is 294 Å². The molecule has 234 valence electrons. The van der Waals surface area contributed by atoms with E-state index in [4.69, 9.17) is 4.98 Å². The van der Waals surface area contributed by atoms with Crippen LogP contribution in [0.3, 0.4) is 0 Å². The topological polar surface area (TPSA) is 17.8 Å². The van der Waals surface area contributed by atoms with Crippen molar-refractivity contribution in [1.29, 1.82) is 0 Å². The van der Waals surface area contributed by atoms with Crippen molar-refractivity contribution in [2.75, 3.05) is 0 Å². The van der Waals surface area contributed by atoms with Crippen molar-refractivity contribution in [3.63, 3.8) is 0 Å². The number of fused-ring (bicyclic) bond motifs is 6. The Morgan fingerprint density at radius 2 is 0.840 bits per heavy atom. The molecule has 0 radical (unpaired) electrons. The predicted molar refractivity (Wildman–Crippen MR) is 213 cm³/mol. The molecule has 0 saturated heterocycles. The average Bonchev–Trinajstić information content (AvgIpc) is 3.73. The summed E-state index contributed by atoms with van der Waals surface area (Å²) in [5, 5.41) is 5.10. The van der Waals surface area contributed by atoms with E-state index in [2.05, 4.69) is 187 Å². The van der Waals surface area contributed by atoms with Crippen molar-refractivity contribution < 1.29 is 0 Å². The highest BCUT2D eigenvalue weighted by Gasteiger charge is 2.17. The fourth-order valence-electron chi connectivity index (χ4n) is 7.35. The van der Waals surface area contributed by atoms with E-state index >= 15 is 0 Å². The SMILES string of the molecule is c1ccc(-c2ccc3c4ccc(-c5cc(-c6ccccc6)nc(-c6ccccc6)c5)cc4n(-c4ccc5c(c4)sc4ccccc45)c3c2)cc1. The molecule has 3 heterocycles. The van der Waals surface area contributed by atoms with E-state index in [1.54, 1.807) is 0 Å². The summed E-state index contributed by atoms with van der Waals surface area (Å²) < 4.78 is 5.07. The van der Waals surface area contributed by atoms with Crippen LogP contribution in [0.1, 0.15) is 0 Å². The molecule has 0 atom stereocenters. The summed E-state index contributed by atoms with van der Waals surface area (Å²) in [5.74, 6) is 0. The number of hydrogen-bond acceptors (Lipinski definition) is 2. The van der Waals surface area contributed by atoms with Crippen LogP contribution in [0.15, 0.2) is 182 Å². The molecular weight excluding hydrogens is 625 g/mol. The third-order valence-corrected chi connectivity index (χ3v) is 10.9. The van der Waals surface area contributed by atoms with Crippen LogP contribution < -0.4 is 0 Å². The molecule has 0 spiro atoms. The first-order valence-electron chi connectivity index (χ1n) is 17.0. The van der Waals surface area contributed by atoms with Gasteiger partial charge in [0.15, 0.2) is 0 Å². The van der Waals surface area contributed by atoms with E-state index in [1.807, 2.05) is 11.3 Å². The van der Waals surface area contributed by atoms with Gasteiger partial charge in [0, 0.05) is 47.8 Å². The number of hydrogen-bond donors (Lipinski definition) is 0. The van der Waals surface area contributed by atoms with Gasteiger partial charge in [0.1, 0.15) is 0 Å². The number of aromatic nitrogens is 2. The van der Waals surface area contributed by atoms with Gasteiger partial charge in [0.25, 0.3) is 0 Å². The lowest BCUT2D eigenvalue weighted by Gasteiger charge is -2.12. The third-order valence-electron chi connectivity index (χ3n) is 9.79. The summed E-state index contributed by atoms with van der Waals surface area (Å²) in [4.78, 5) is 5.14. The Morgan fingerprint density at radius 1 is 0.340 bits per heavy atom. The van der Waals surface area contributed by atoms with Gasteiger partial charge in [0.05, 0.1) is 22.4 Å². The van der Waals surface area contributed by atoms with Crippen LogP contribution in [0.5, 0.6) is 0 Å². The second-order valence-corrected chi connectivity index (χ2v) is 13.9. The minimum absolute atomic E-state index is 0.963. The van der Waals surface area contributed by atoms with Gasteiger partial charge in [0.2, 0.25) is 0 Å². The largest absolute Gasteiger partial charge is 0.309 e. The van der Waals surface area contributed by atoms with E-state index in [0.717, 1.165) is 39.3 Å². The van der Waals surface area contributed by atoms with Crippen molar-refractivity contribution in [1.82, 2.24) is 9.55 Å². The summed E-state index contributed by atoms with van der Waals surface area (Å²) >= 11 is 1.86. The highest BCUT2D eigenvalue weighted by atomic mass is 32.1. The van der Waals surface area contributed by atoms with E-state index < -0.39 is 0 Å². The van der Waals surface area contributed by atoms with Gasteiger partial charge in [-0.2, -0.15) is 0 Å².